The molecular formula is C21H28N4O. The van der Waals surface area contributed by atoms with Crippen LogP contribution in [0.2, 0.25) is 0 Å². The molecule has 138 valence electrons. The zero-order valence-corrected chi connectivity index (χ0v) is 15.7. The van der Waals surface area contributed by atoms with Gasteiger partial charge in [0.25, 0.3) is 0 Å². The van der Waals surface area contributed by atoms with Crippen LogP contribution in [0.4, 0.5) is 5.69 Å². The van der Waals surface area contributed by atoms with E-state index in [0.717, 1.165) is 44.4 Å². The number of benzene rings is 2. The highest BCUT2D eigenvalue weighted by Crippen LogP contribution is 2.27. The molecular weight excluding hydrogens is 324 g/mol. The molecule has 1 saturated heterocycles. The maximum atomic E-state index is 10.1. The van der Waals surface area contributed by atoms with Crippen LogP contribution in [0.1, 0.15) is 18.1 Å². The number of nitrogens with one attached hydrogen (secondary N) is 1. The minimum Gasteiger partial charge on any atom is -0.506 e. The fourth-order valence-corrected chi connectivity index (χ4v) is 3.26. The van der Waals surface area contributed by atoms with Crippen molar-refractivity contribution in [3.63, 3.8) is 0 Å². The van der Waals surface area contributed by atoms with E-state index >= 15 is 0 Å². The van der Waals surface area contributed by atoms with Crippen molar-refractivity contribution in [3.05, 3.63) is 59.7 Å². The number of hydrogen-bond donors (Lipinski definition) is 2. The Bertz CT molecular complexity index is 751. The van der Waals surface area contributed by atoms with Crippen molar-refractivity contribution >= 4 is 11.6 Å². The molecule has 0 unspecified atom stereocenters. The van der Waals surface area contributed by atoms with Crippen molar-refractivity contribution in [2.75, 3.05) is 37.6 Å². The van der Waals surface area contributed by atoms with Crippen LogP contribution >= 0.6 is 0 Å². The van der Waals surface area contributed by atoms with Gasteiger partial charge < -0.3 is 20.2 Å². The minimum absolute atomic E-state index is 0.348. The molecule has 0 amide bonds. The van der Waals surface area contributed by atoms with Gasteiger partial charge in [0.1, 0.15) is 5.75 Å². The Morgan fingerprint density at radius 1 is 1.04 bits per heavy atom. The van der Waals surface area contributed by atoms with E-state index in [4.69, 9.17) is 4.99 Å². The molecule has 5 nitrogen and oxygen atoms in total. The third-order valence-electron chi connectivity index (χ3n) is 4.80. The van der Waals surface area contributed by atoms with E-state index in [-0.39, 0.29) is 0 Å². The lowest BCUT2D eigenvalue weighted by Gasteiger charge is -2.37. The van der Waals surface area contributed by atoms with Gasteiger partial charge in [-0.25, -0.2) is 4.99 Å². The molecule has 1 fully saturated rings. The van der Waals surface area contributed by atoms with Gasteiger partial charge in [-0.3, -0.25) is 0 Å². The largest absolute Gasteiger partial charge is 0.506 e. The van der Waals surface area contributed by atoms with Crippen LogP contribution in [0, 0.1) is 6.92 Å². The molecule has 26 heavy (non-hydrogen) atoms. The molecule has 0 spiro atoms. The van der Waals surface area contributed by atoms with E-state index in [1.165, 1.54) is 11.1 Å². The summed E-state index contributed by atoms with van der Waals surface area (Å²) in [6.45, 7) is 9.27. The summed E-state index contributed by atoms with van der Waals surface area (Å²) in [4.78, 5) is 9.38. The highest BCUT2D eigenvalue weighted by Gasteiger charge is 2.21. The predicted octanol–water partition coefficient (Wildman–Crippen LogP) is 2.99. The number of para-hydroxylation sites is 2. The average molecular weight is 352 g/mol. The molecule has 5 heteroatoms. The summed E-state index contributed by atoms with van der Waals surface area (Å²) in [6, 6.07) is 15.9. The van der Waals surface area contributed by atoms with Crippen LogP contribution in [0.3, 0.4) is 0 Å². The van der Waals surface area contributed by atoms with Gasteiger partial charge in [-0.1, -0.05) is 36.4 Å². The molecule has 2 aromatic carbocycles. The number of guanidine groups is 1. The van der Waals surface area contributed by atoms with Crippen molar-refractivity contribution < 1.29 is 5.11 Å². The van der Waals surface area contributed by atoms with Gasteiger partial charge in [0, 0.05) is 32.7 Å². The van der Waals surface area contributed by atoms with Gasteiger partial charge in [-0.05, 0) is 37.1 Å². The molecule has 1 aliphatic rings. The summed E-state index contributed by atoms with van der Waals surface area (Å²) in [5.41, 5.74) is 3.45. The number of aliphatic imine (C=N–C) groups is 1. The van der Waals surface area contributed by atoms with Gasteiger partial charge in [0.15, 0.2) is 5.96 Å². The first-order valence-electron chi connectivity index (χ1n) is 9.29. The summed E-state index contributed by atoms with van der Waals surface area (Å²) in [6.07, 6.45) is 0. The van der Waals surface area contributed by atoms with E-state index in [1.807, 2.05) is 18.2 Å². The van der Waals surface area contributed by atoms with Crippen molar-refractivity contribution in [1.82, 2.24) is 10.2 Å². The first-order chi connectivity index (χ1) is 12.7. The number of aromatic hydroxyl groups is 1. The Balaban J connectivity index is 1.66. The zero-order chi connectivity index (χ0) is 18.4. The Morgan fingerprint density at radius 2 is 1.73 bits per heavy atom. The summed E-state index contributed by atoms with van der Waals surface area (Å²) in [7, 11) is 0. The maximum absolute atomic E-state index is 10.1. The normalized spacial score (nSPS) is 15.2. The fraction of sp³-hybridized carbons (Fsp3) is 0.381. The second kappa shape index (κ2) is 8.61. The number of rotatable bonds is 4. The van der Waals surface area contributed by atoms with Crippen molar-refractivity contribution in [2.24, 2.45) is 4.99 Å². The second-order valence-corrected chi connectivity index (χ2v) is 6.56. The molecule has 1 aliphatic heterocycles. The first kappa shape index (κ1) is 18.1. The Morgan fingerprint density at radius 3 is 2.42 bits per heavy atom. The minimum atomic E-state index is 0.348. The molecule has 0 saturated carbocycles. The predicted molar refractivity (Wildman–Crippen MR) is 108 cm³/mol. The van der Waals surface area contributed by atoms with E-state index in [1.54, 1.807) is 6.07 Å². The zero-order valence-electron chi connectivity index (χ0n) is 15.7. The third-order valence-corrected chi connectivity index (χ3v) is 4.80. The van der Waals surface area contributed by atoms with Gasteiger partial charge in [-0.15, -0.1) is 0 Å². The number of piperazine rings is 1. The summed E-state index contributed by atoms with van der Waals surface area (Å²) in [5.74, 6) is 1.31. The number of phenols is 1. The Labute approximate surface area is 156 Å². The lowest BCUT2D eigenvalue weighted by Crippen LogP contribution is -2.52. The fourth-order valence-electron chi connectivity index (χ4n) is 3.26. The molecule has 1 heterocycles. The van der Waals surface area contributed by atoms with Gasteiger partial charge in [0.2, 0.25) is 0 Å². The van der Waals surface area contributed by atoms with Gasteiger partial charge >= 0.3 is 0 Å². The Kier molecular flexibility index (Phi) is 6.00. The van der Waals surface area contributed by atoms with Crippen molar-refractivity contribution in [2.45, 2.75) is 20.4 Å². The topological polar surface area (TPSA) is 51.1 Å². The Hall–Kier alpha value is -2.69. The molecule has 0 aromatic heterocycles. The third kappa shape index (κ3) is 4.28. The van der Waals surface area contributed by atoms with Crippen LogP contribution in [-0.4, -0.2) is 48.7 Å². The molecule has 2 N–H and O–H groups in total. The molecule has 0 radical (unpaired) electrons. The number of anilines is 1. The lowest BCUT2D eigenvalue weighted by atomic mass is 10.1. The smallest absolute Gasteiger partial charge is 0.194 e. The highest BCUT2D eigenvalue weighted by molar-refractivity contribution is 5.80. The molecule has 0 bridgehead atoms. The number of hydrogen-bond acceptors (Lipinski definition) is 3. The van der Waals surface area contributed by atoms with Crippen LogP contribution in [-0.2, 0) is 6.54 Å². The number of phenolic OH excluding ortho intramolecular Hbond substituents is 1. The van der Waals surface area contributed by atoms with Crippen molar-refractivity contribution in [3.8, 4) is 5.75 Å². The molecule has 0 atom stereocenters. The summed E-state index contributed by atoms with van der Waals surface area (Å²) < 4.78 is 0. The van der Waals surface area contributed by atoms with E-state index < -0.39 is 0 Å². The standard InChI is InChI=1S/C21H28N4O/c1-3-22-21(23-16-18-9-5-4-8-17(18)2)25-14-12-24(13-15-25)19-10-6-7-11-20(19)26/h4-11,26H,3,12-16H2,1-2H3,(H,22,23). The van der Waals surface area contributed by atoms with Crippen LogP contribution < -0.4 is 10.2 Å². The average Bonchev–Trinajstić information content (AvgIpc) is 2.67. The van der Waals surface area contributed by atoms with E-state index in [2.05, 4.69) is 53.2 Å². The lowest BCUT2D eigenvalue weighted by molar-refractivity contribution is 0.369. The van der Waals surface area contributed by atoms with Gasteiger partial charge in [0.05, 0.1) is 12.2 Å². The number of nitrogens with zero attached hydrogens (tertiary/aromatic N) is 3. The van der Waals surface area contributed by atoms with E-state index in [0.29, 0.717) is 12.3 Å². The van der Waals surface area contributed by atoms with Gasteiger partial charge in [-0.2, -0.15) is 0 Å². The second-order valence-electron chi connectivity index (χ2n) is 6.56. The molecule has 3 rings (SSSR count). The molecule has 0 aliphatic carbocycles. The van der Waals surface area contributed by atoms with E-state index in [9.17, 15) is 5.11 Å². The maximum Gasteiger partial charge on any atom is 0.194 e. The SMILES string of the molecule is CCNC(=NCc1ccccc1C)N1CCN(c2ccccc2O)CC1. The van der Waals surface area contributed by atoms with Crippen molar-refractivity contribution in [1.29, 1.82) is 0 Å². The summed E-state index contributed by atoms with van der Waals surface area (Å²) in [5, 5.41) is 13.5. The first-order valence-corrected chi connectivity index (χ1v) is 9.29. The summed E-state index contributed by atoms with van der Waals surface area (Å²) >= 11 is 0. The monoisotopic (exact) mass is 352 g/mol. The van der Waals surface area contributed by atoms with Crippen LogP contribution in [0.5, 0.6) is 5.75 Å². The van der Waals surface area contributed by atoms with Crippen LogP contribution in [0.25, 0.3) is 0 Å². The highest BCUT2D eigenvalue weighted by atomic mass is 16.3. The quantitative estimate of drug-likeness (QED) is 0.656. The number of aryl methyl sites for hydroxylation is 1. The molecule has 2 aromatic rings. The van der Waals surface area contributed by atoms with Crippen LogP contribution in [0.15, 0.2) is 53.5 Å².